The predicted molar refractivity (Wildman–Crippen MR) is 299 cm³/mol. The summed E-state index contributed by atoms with van der Waals surface area (Å²) in [5.41, 5.74) is -9.40. The molecule has 19 nitrogen and oxygen atoms in total. The molecular formula is C62H89NO18. The molecule has 2 unspecified atom stereocenters. The standard InChI is InChI=1S/C62H89NO18/c1-14-15-16-17-18-19-20-21-22-23-24-25-26-27-28-33-47(66)77-49(42(34-38(2)3)63-56(70)81-58(6,7)8)55(69)76-44-36-62(72)53(79-54(68)41-31-29-30-32-43(41)73-12)51-60(11,45(65)35-46-61(51,37-75-46)80-40(5)64)52(67)50(78-57(71)74-13)48(39(44)4)59(62,9)10/h16-17,19-20,22-23,29-32,38,42,44-46,49-51,53,65,72H,14-15,18,21,24-28,33-37H2,1-13H3,(H,63,70)/b17-16-,20-19-,23-22-/t42-,44-,45-,46+,49+,50+,51?,53?,60+,61-,62+/m0/s1. The number of allylic oxidation sites excluding steroid dienone is 6. The van der Waals surface area contributed by atoms with Crippen molar-refractivity contribution in [2.75, 3.05) is 20.8 Å². The number of carbonyl (C=O) groups excluding carboxylic acids is 7. The highest BCUT2D eigenvalue weighted by Gasteiger charge is 2.78. The molecule has 0 radical (unpaired) electrons. The third kappa shape index (κ3) is 15.3. The van der Waals surface area contributed by atoms with Crippen LogP contribution >= 0.6 is 0 Å². The number of para-hydroxylation sites is 1. The lowest BCUT2D eigenvalue weighted by Crippen LogP contribution is -2.82. The van der Waals surface area contributed by atoms with Crippen molar-refractivity contribution in [3.8, 4) is 5.75 Å². The minimum absolute atomic E-state index is 0.0763. The Hall–Kier alpha value is -6.05. The fraction of sp³-hybridized carbons (Fsp3) is 0.661. The maximum absolute atomic E-state index is 15.9. The molecule has 2 bridgehead atoms. The number of nitrogens with one attached hydrogen (secondary N) is 1. The molecule has 19 heteroatoms. The van der Waals surface area contributed by atoms with E-state index >= 15 is 9.59 Å². The number of ether oxygens (including phenoxy) is 9. The smallest absolute Gasteiger partial charge is 0.496 e. The second kappa shape index (κ2) is 28.3. The van der Waals surface area contributed by atoms with Gasteiger partial charge in [-0.15, -0.1) is 0 Å². The Bertz CT molecular complexity index is 2520. The number of unbranched alkanes of at least 4 members (excludes halogenated alkanes) is 5. The number of rotatable bonds is 25. The number of hydrogen-bond acceptors (Lipinski definition) is 18. The van der Waals surface area contributed by atoms with Crippen LogP contribution in [0.2, 0.25) is 0 Å². The second-order valence-corrected chi connectivity index (χ2v) is 23.9. The lowest BCUT2D eigenvalue weighted by Gasteiger charge is -2.67. The van der Waals surface area contributed by atoms with Gasteiger partial charge in [0.1, 0.15) is 40.8 Å². The van der Waals surface area contributed by atoms with E-state index in [0.717, 1.165) is 59.0 Å². The summed E-state index contributed by atoms with van der Waals surface area (Å²) in [6, 6.07) is 4.89. The Balaban J connectivity index is 1.58. The molecule has 2 saturated carbocycles. The average Bonchev–Trinajstić information content (AvgIpc) is 3.58. The van der Waals surface area contributed by atoms with Crippen molar-refractivity contribution < 1.29 is 86.4 Å². The molecule has 11 atom stereocenters. The number of benzene rings is 1. The highest BCUT2D eigenvalue weighted by atomic mass is 16.7. The Kier molecular flexibility index (Phi) is 23.0. The van der Waals surface area contributed by atoms with Crippen molar-refractivity contribution >= 4 is 41.9 Å². The van der Waals surface area contributed by atoms with Crippen molar-refractivity contribution in [1.29, 1.82) is 0 Å². The summed E-state index contributed by atoms with van der Waals surface area (Å²) < 4.78 is 53.1. The number of methoxy groups -OCH3 is 2. The molecular weight excluding hydrogens is 1050 g/mol. The topological polar surface area (TPSA) is 255 Å². The Morgan fingerprint density at radius 2 is 1.53 bits per heavy atom. The number of aliphatic hydroxyl groups excluding tert-OH is 1. The van der Waals surface area contributed by atoms with Crippen LogP contribution in [0.3, 0.4) is 0 Å². The summed E-state index contributed by atoms with van der Waals surface area (Å²) in [5, 5.41) is 29.1. The van der Waals surface area contributed by atoms with Gasteiger partial charge in [-0.05, 0) is 109 Å². The van der Waals surface area contributed by atoms with Crippen molar-refractivity contribution in [1.82, 2.24) is 5.32 Å². The van der Waals surface area contributed by atoms with Gasteiger partial charge in [0, 0.05) is 31.6 Å². The zero-order chi connectivity index (χ0) is 60.1. The zero-order valence-electron chi connectivity index (χ0n) is 49.8. The normalized spacial score (nSPS) is 27.7. The number of amides is 1. The molecule has 450 valence electrons. The van der Waals surface area contributed by atoms with E-state index in [1.54, 1.807) is 32.9 Å². The molecule has 1 amide bonds. The van der Waals surface area contributed by atoms with Crippen LogP contribution in [0.5, 0.6) is 5.75 Å². The molecule has 1 heterocycles. The van der Waals surface area contributed by atoms with Crippen LogP contribution in [-0.2, 0) is 57.1 Å². The predicted octanol–water partition coefficient (Wildman–Crippen LogP) is 9.87. The molecule has 81 heavy (non-hydrogen) atoms. The zero-order valence-corrected chi connectivity index (χ0v) is 49.8. The van der Waals surface area contributed by atoms with Gasteiger partial charge in [-0.25, -0.2) is 19.2 Å². The van der Waals surface area contributed by atoms with Crippen LogP contribution in [0.4, 0.5) is 9.59 Å². The summed E-state index contributed by atoms with van der Waals surface area (Å²) in [4.78, 5) is 100. The van der Waals surface area contributed by atoms with Gasteiger partial charge in [0.15, 0.2) is 17.5 Å². The Morgan fingerprint density at radius 1 is 0.889 bits per heavy atom. The maximum atomic E-state index is 15.9. The molecule has 1 saturated heterocycles. The van der Waals surface area contributed by atoms with Gasteiger partial charge in [0.25, 0.3) is 0 Å². The molecule has 0 aromatic heterocycles. The first-order valence-corrected chi connectivity index (χ1v) is 28.5. The molecule has 1 aromatic rings. The van der Waals surface area contributed by atoms with Crippen molar-refractivity contribution in [2.45, 2.75) is 219 Å². The van der Waals surface area contributed by atoms with Crippen molar-refractivity contribution in [3.63, 3.8) is 0 Å². The van der Waals surface area contributed by atoms with E-state index < -0.39 is 125 Å². The molecule has 0 spiro atoms. The molecule has 3 fully saturated rings. The van der Waals surface area contributed by atoms with Gasteiger partial charge >= 0.3 is 36.1 Å². The first-order chi connectivity index (χ1) is 38.1. The van der Waals surface area contributed by atoms with Crippen LogP contribution < -0.4 is 10.1 Å². The lowest BCUT2D eigenvalue weighted by atomic mass is 9.44. The van der Waals surface area contributed by atoms with Crippen LogP contribution in [0.1, 0.15) is 170 Å². The van der Waals surface area contributed by atoms with Crippen molar-refractivity contribution in [2.24, 2.45) is 22.7 Å². The molecule has 4 aliphatic rings. The van der Waals surface area contributed by atoms with Gasteiger partial charge in [-0.3, -0.25) is 14.4 Å². The van der Waals surface area contributed by atoms with E-state index in [1.807, 2.05) is 13.8 Å². The maximum Gasteiger partial charge on any atom is 0.509 e. The monoisotopic (exact) mass is 1140 g/mol. The van der Waals surface area contributed by atoms with E-state index in [9.17, 15) is 34.2 Å². The van der Waals surface area contributed by atoms with Gasteiger partial charge in [0.05, 0.1) is 44.3 Å². The fourth-order valence-electron chi connectivity index (χ4n) is 12.0. The van der Waals surface area contributed by atoms with Gasteiger partial charge in [-0.2, -0.15) is 0 Å². The van der Waals surface area contributed by atoms with Gasteiger partial charge < -0.3 is 58.2 Å². The number of alkyl carbamates (subject to hydrolysis) is 1. The molecule has 1 aliphatic heterocycles. The van der Waals surface area contributed by atoms with E-state index in [2.05, 4.69) is 48.7 Å². The molecule has 1 aromatic carbocycles. The quantitative estimate of drug-likeness (QED) is 0.0356. The van der Waals surface area contributed by atoms with Crippen LogP contribution in [0, 0.1) is 22.7 Å². The van der Waals surface area contributed by atoms with Crippen LogP contribution in [0.25, 0.3) is 0 Å². The minimum atomic E-state index is -2.52. The number of carbonyl (C=O) groups is 7. The lowest BCUT2D eigenvalue weighted by molar-refractivity contribution is -0.346. The second-order valence-electron chi connectivity index (χ2n) is 23.9. The number of hydrogen-bond donors (Lipinski definition) is 3. The van der Waals surface area contributed by atoms with Crippen LogP contribution in [0.15, 0.2) is 71.9 Å². The number of ketones is 1. The Labute approximate surface area is 477 Å². The Morgan fingerprint density at radius 3 is 2.12 bits per heavy atom. The number of Topliss-reactive ketones (excluding diaryl/α,β-unsaturated/α-hetero) is 1. The largest absolute Gasteiger partial charge is 0.509 e. The van der Waals surface area contributed by atoms with E-state index in [-0.39, 0.29) is 54.2 Å². The highest BCUT2D eigenvalue weighted by Crippen LogP contribution is 2.64. The summed E-state index contributed by atoms with van der Waals surface area (Å²) in [5.74, 6) is -6.51. The van der Waals surface area contributed by atoms with E-state index in [4.69, 9.17) is 42.6 Å². The van der Waals surface area contributed by atoms with E-state index in [1.165, 1.54) is 46.9 Å². The SMILES string of the molecule is CCC/C=C\C/C=C\C/C=C\CCCCCCC(=O)O[C@@H](C(=O)O[C@H]1C[C@@]2(O)C(OC(=O)c3ccccc3OC)C3[C@](C)(C(=O)[C@H](OC(=O)OC)C(=C1C)C2(C)C)[C@@H](O)C[C@H]1OC[C@@]31OC(C)=O)[C@H](CC(C)C)NC(=O)OC(C)(C)C. The molecule has 3 aliphatic carbocycles. The number of esters is 4. The van der Waals surface area contributed by atoms with Gasteiger partial charge in [-0.1, -0.05) is 102 Å². The number of fused-ring (bicyclic) bond motifs is 5. The van der Waals surface area contributed by atoms with Crippen LogP contribution in [-0.4, -0.2) is 132 Å². The minimum Gasteiger partial charge on any atom is -0.496 e. The summed E-state index contributed by atoms with van der Waals surface area (Å²) in [6.07, 6.45) is 7.42. The summed E-state index contributed by atoms with van der Waals surface area (Å²) in [6.45, 7) is 17.5. The third-order valence-corrected chi connectivity index (χ3v) is 16.1. The number of aliphatic hydroxyl groups is 2. The molecule has 5 rings (SSSR count). The van der Waals surface area contributed by atoms with E-state index in [0.29, 0.717) is 12.8 Å². The average molecular weight is 1140 g/mol. The summed E-state index contributed by atoms with van der Waals surface area (Å²) >= 11 is 0. The fourth-order valence-corrected chi connectivity index (χ4v) is 12.0. The first-order valence-electron chi connectivity index (χ1n) is 28.5. The van der Waals surface area contributed by atoms with Gasteiger partial charge in [0.2, 0.25) is 6.10 Å². The van der Waals surface area contributed by atoms with Crippen molar-refractivity contribution in [3.05, 3.63) is 77.4 Å². The summed E-state index contributed by atoms with van der Waals surface area (Å²) in [7, 11) is 2.37. The third-order valence-electron chi connectivity index (χ3n) is 16.1. The molecule has 3 N–H and O–H groups in total. The first kappa shape index (κ1) is 65.8. The highest BCUT2D eigenvalue weighted by molar-refractivity contribution is 5.96.